The van der Waals surface area contributed by atoms with Crippen LogP contribution in [-0.2, 0) is 11.4 Å². The van der Waals surface area contributed by atoms with E-state index in [4.69, 9.17) is 9.84 Å². The zero-order chi connectivity index (χ0) is 26.8. The molecule has 0 N–H and O–H groups in total. The number of benzene rings is 5. The Bertz CT molecular complexity index is 1720. The molecule has 0 atom stereocenters. The average molecular weight is 638 g/mol. The third kappa shape index (κ3) is 5.18. The van der Waals surface area contributed by atoms with Crippen molar-refractivity contribution in [3.63, 3.8) is 0 Å². The summed E-state index contributed by atoms with van der Waals surface area (Å²) in [7, 11) is 0. The maximum absolute atomic E-state index is 13.6. The maximum Gasteiger partial charge on any atom is 0.281 e. The number of carbonyl (C=O) groups excluding carboxylic acids is 1. The van der Waals surface area contributed by atoms with Gasteiger partial charge in [0.15, 0.2) is 0 Å². The molecule has 0 radical (unpaired) electrons. The predicted molar refractivity (Wildman–Crippen MR) is 165 cm³/mol. The highest BCUT2D eigenvalue weighted by atomic mass is 79.9. The number of halogens is 2. The summed E-state index contributed by atoms with van der Waals surface area (Å²) in [6, 6.07) is 37.6. The Labute approximate surface area is 243 Å². The molecule has 1 amide bonds. The van der Waals surface area contributed by atoms with E-state index < -0.39 is 0 Å². The monoisotopic (exact) mass is 636 g/mol. The van der Waals surface area contributed by atoms with Crippen molar-refractivity contribution in [2.24, 2.45) is 5.10 Å². The first-order chi connectivity index (χ1) is 19.1. The van der Waals surface area contributed by atoms with Gasteiger partial charge in [0.2, 0.25) is 0 Å². The Balaban J connectivity index is 1.32. The molecule has 5 aromatic rings. The number of amides is 1. The van der Waals surface area contributed by atoms with E-state index in [-0.39, 0.29) is 5.91 Å². The van der Waals surface area contributed by atoms with Crippen molar-refractivity contribution in [3.8, 4) is 5.75 Å². The molecular weight excluding hydrogens is 616 g/mol. The van der Waals surface area contributed by atoms with Gasteiger partial charge in [-0.1, -0.05) is 91.0 Å². The first kappa shape index (κ1) is 25.3. The third-order valence-electron chi connectivity index (χ3n) is 6.51. The van der Waals surface area contributed by atoms with Crippen LogP contribution in [0.25, 0.3) is 16.8 Å². The first-order valence-corrected chi connectivity index (χ1v) is 14.0. The molecule has 190 valence electrons. The van der Waals surface area contributed by atoms with E-state index in [9.17, 15) is 4.79 Å². The van der Waals surface area contributed by atoms with Crippen LogP contribution >= 0.6 is 31.9 Å². The summed E-state index contributed by atoms with van der Waals surface area (Å²) in [6.07, 6.45) is 1.88. The van der Waals surface area contributed by atoms with Crippen LogP contribution in [0, 0.1) is 0 Å². The molecule has 0 aliphatic carbocycles. The quantitative estimate of drug-likeness (QED) is 0.175. The fraction of sp³-hybridized carbons (Fsp3) is 0.0303. The van der Waals surface area contributed by atoms with Crippen molar-refractivity contribution < 1.29 is 9.53 Å². The lowest BCUT2D eigenvalue weighted by Gasteiger charge is -2.13. The molecule has 6 rings (SSSR count). The van der Waals surface area contributed by atoms with Crippen molar-refractivity contribution >= 4 is 66.0 Å². The van der Waals surface area contributed by atoms with Crippen molar-refractivity contribution in [2.75, 3.05) is 5.01 Å². The van der Waals surface area contributed by atoms with Crippen LogP contribution in [0.5, 0.6) is 5.75 Å². The van der Waals surface area contributed by atoms with E-state index in [1.54, 1.807) is 0 Å². The minimum absolute atomic E-state index is 0.177. The molecule has 0 fully saturated rings. The summed E-state index contributed by atoms with van der Waals surface area (Å²) in [6.45, 7) is 0.425. The van der Waals surface area contributed by atoms with Crippen LogP contribution in [0.3, 0.4) is 0 Å². The van der Waals surface area contributed by atoms with E-state index in [1.807, 2.05) is 97.1 Å². The van der Waals surface area contributed by atoms with Crippen LogP contribution in [-0.4, -0.2) is 11.6 Å². The second-order valence-corrected chi connectivity index (χ2v) is 10.8. The summed E-state index contributed by atoms with van der Waals surface area (Å²) in [5.74, 6) is 0.522. The minimum Gasteiger partial charge on any atom is -0.487 e. The number of fused-ring (bicyclic) bond motifs is 1. The van der Waals surface area contributed by atoms with Gasteiger partial charge < -0.3 is 4.74 Å². The van der Waals surface area contributed by atoms with Gasteiger partial charge in [0, 0.05) is 5.56 Å². The number of para-hydroxylation sites is 1. The van der Waals surface area contributed by atoms with E-state index in [1.165, 1.54) is 15.8 Å². The average Bonchev–Trinajstić information content (AvgIpc) is 3.29. The molecule has 0 bridgehead atoms. The van der Waals surface area contributed by atoms with Gasteiger partial charge in [-0.2, -0.15) is 10.1 Å². The molecule has 5 aromatic carbocycles. The molecule has 39 heavy (non-hydrogen) atoms. The van der Waals surface area contributed by atoms with Gasteiger partial charge in [0.05, 0.1) is 20.2 Å². The maximum atomic E-state index is 13.6. The van der Waals surface area contributed by atoms with Crippen LogP contribution in [0.2, 0.25) is 0 Å². The molecule has 0 spiro atoms. The fourth-order valence-electron chi connectivity index (χ4n) is 4.63. The van der Waals surface area contributed by atoms with Crippen molar-refractivity contribution in [3.05, 3.63) is 146 Å². The predicted octanol–water partition coefficient (Wildman–Crippen LogP) is 8.78. The lowest BCUT2D eigenvalue weighted by atomic mass is 10.0. The molecule has 4 nitrogen and oxygen atoms in total. The second kappa shape index (κ2) is 11.0. The Kier molecular flexibility index (Phi) is 7.14. The number of rotatable bonds is 6. The standard InChI is InChI=1S/C33H22Br2N2O2/c34-29-19-22(20-30(35)32(29)39-21-25-14-9-13-23-10-7-8-17-27(23)25)18-28-31(24-11-3-1-4-12-24)36-37(33(28)38)26-15-5-2-6-16-26/h1-20H,21H2/b28-18-. The van der Waals surface area contributed by atoms with Gasteiger partial charge in [0.25, 0.3) is 5.91 Å². The van der Waals surface area contributed by atoms with Gasteiger partial charge in [-0.05, 0) is 84.1 Å². The summed E-state index contributed by atoms with van der Waals surface area (Å²) in [4.78, 5) is 13.6. The molecule has 1 heterocycles. The Morgan fingerprint density at radius 2 is 1.41 bits per heavy atom. The second-order valence-electron chi connectivity index (χ2n) is 9.07. The van der Waals surface area contributed by atoms with Gasteiger partial charge in [-0.25, -0.2) is 0 Å². The Morgan fingerprint density at radius 3 is 2.15 bits per heavy atom. The summed E-state index contributed by atoms with van der Waals surface area (Å²) >= 11 is 7.37. The van der Waals surface area contributed by atoms with Gasteiger partial charge in [0.1, 0.15) is 18.1 Å². The minimum atomic E-state index is -0.177. The summed E-state index contributed by atoms with van der Waals surface area (Å²) in [5.41, 5.74) is 4.70. The molecule has 0 saturated heterocycles. The number of hydrogen-bond acceptors (Lipinski definition) is 3. The van der Waals surface area contributed by atoms with E-state index in [0.717, 1.165) is 31.3 Å². The van der Waals surface area contributed by atoms with E-state index in [0.29, 0.717) is 23.6 Å². The third-order valence-corrected chi connectivity index (χ3v) is 7.69. The smallest absolute Gasteiger partial charge is 0.281 e. The largest absolute Gasteiger partial charge is 0.487 e. The van der Waals surface area contributed by atoms with Gasteiger partial charge >= 0.3 is 0 Å². The normalized spacial score (nSPS) is 14.2. The molecule has 0 saturated carbocycles. The van der Waals surface area contributed by atoms with Crippen LogP contribution in [0.4, 0.5) is 5.69 Å². The van der Waals surface area contributed by atoms with Gasteiger partial charge in [-0.15, -0.1) is 0 Å². The SMILES string of the molecule is O=C1/C(=C\c2cc(Br)c(OCc3cccc4ccccc34)c(Br)c2)C(c2ccccc2)=NN1c1ccccc1. The Morgan fingerprint density at radius 1 is 0.769 bits per heavy atom. The molecule has 6 heteroatoms. The Hall–Kier alpha value is -4.00. The highest BCUT2D eigenvalue weighted by Gasteiger charge is 2.32. The van der Waals surface area contributed by atoms with E-state index in [2.05, 4.69) is 56.1 Å². The van der Waals surface area contributed by atoms with Gasteiger partial charge in [-0.3, -0.25) is 4.79 Å². The molecular formula is C33H22Br2N2O2. The fourth-order valence-corrected chi connectivity index (χ4v) is 6.08. The summed E-state index contributed by atoms with van der Waals surface area (Å²) in [5, 5.41) is 8.53. The number of nitrogens with zero attached hydrogens (tertiary/aromatic N) is 2. The lowest BCUT2D eigenvalue weighted by molar-refractivity contribution is -0.114. The lowest BCUT2D eigenvalue weighted by Crippen LogP contribution is -2.21. The molecule has 1 aliphatic heterocycles. The van der Waals surface area contributed by atoms with Crippen molar-refractivity contribution in [1.29, 1.82) is 0 Å². The number of anilines is 1. The van der Waals surface area contributed by atoms with Crippen LogP contribution in [0.15, 0.2) is 135 Å². The molecule has 0 aromatic heterocycles. The highest BCUT2D eigenvalue weighted by molar-refractivity contribution is 9.11. The van der Waals surface area contributed by atoms with Crippen LogP contribution < -0.4 is 9.75 Å². The van der Waals surface area contributed by atoms with Crippen LogP contribution in [0.1, 0.15) is 16.7 Å². The first-order valence-electron chi connectivity index (χ1n) is 12.4. The number of ether oxygens (including phenoxy) is 1. The zero-order valence-corrected chi connectivity index (χ0v) is 23.9. The number of carbonyl (C=O) groups is 1. The van der Waals surface area contributed by atoms with Crippen molar-refractivity contribution in [1.82, 2.24) is 0 Å². The summed E-state index contributed by atoms with van der Waals surface area (Å²) < 4.78 is 7.83. The molecule has 1 aliphatic rings. The topological polar surface area (TPSA) is 41.9 Å². The van der Waals surface area contributed by atoms with E-state index >= 15 is 0 Å². The number of hydrogen-bond donors (Lipinski definition) is 0. The molecule has 0 unspecified atom stereocenters. The zero-order valence-electron chi connectivity index (χ0n) is 20.7. The highest BCUT2D eigenvalue weighted by Crippen LogP contribution is 2.37. The van der Waals surface area contributed by atoms with Crippen molar-refractivity contribution in [2.45, 2.75) is 6.61 Å². The number of hydrazone groups is 1.